The zero-order chi connectivity index (χ0) is 19.6. The van der Waals surface area contributed by atoms with E-state index in [0.29, 0.717) is 5.75 Å². The molecule has 0 atom stereocenters. The Balaban J connectivity index is 1.56. The van der Waals surface area contributed by atoms with Crippen LogP contribution in [0.2, 0.25) is 0 Å². The summed E-state index contributed by atoms with van der Waals surface area (Å²) in [5.74, 6) is 0.941. The topological polar surface area (TPSA) is 117 Å². The van der Waals surface area contributed by atoms with E-state index in [1.165, 1.54) is 12.1 Å². The first-order valence-corrected chi connectivity index (χ1v) is 8.53. The largest absolute Gasteiger partial charge is 0.488 e. The summed E-state index contributed by atoms with van der Waals surface area (Å²) in [4.78, 5) is 22.5. The van der Waals surface area contributed by atoms with Gasteiger partial charge in [0.2, 0.25) is 0 Å². The highest BCUT2D eigenvalue weighted by Gasteiger charge is 2.32. The Morgan fingerprint density at radius 1 is 1.37 bits per heavy atom. The highest BCUT2D eigenvalue weighted by molar-refractivity contribution is 5.95. The number of ether oxygens (including phenoxy) is 2. The Hall–Kier alpha value is -3.29. The highest BCUT2D eigenvalue weighted by atomic mass is 16.6. The van der Waals surface area contributed by atoms with Crippen LogP contribution in [0, 0.1) is 10.1 Å². The number of nitrogens with two attached hydrogens (primary N) is 1. The summed E-state index contributed by atoms with van der Waals surface area (Å²) < 4.78 is 11.7. The minimum atomic E-state index is -0.618. The van der Waals surface area contributed by atoms with Crippen LogP contribution in [0.1, 0.15) is 29.8 Å². The van der Waals surface area contributed by atoms with Crippen molar-refractivity contribution in [2.75, 3.05) is 18.9 Å². The first-order chi connectivity index (χ1) is 12.8. The van der Waals surface area contributed by atoms with Crippen molar-refractivity contribution < 1.29 is 19.2 Å². The first-order valence-electron chi connectivity index (χ1n) is 8.53. The number of nitro benzene ring substituents is 1. The molecule has 142 valence electrons. The molecule has 1 amide bonds. The van der Waals surface area contributed by atoms with Gasteiger partial charge in [-0.05, 0) is 32.0 Å². The van der Waals surface area contributed by atoms with Gasteiger partial charge in [0.05, 0.1) is 11.5 Å². The SMILES string of the molecule is CC1(C)Cc2cccc(OCCNC(=O)c3ccc(N)c([N+](=O)[O-])c3)c2O1. The van der Waals surface area contributed by atoms with Crippen LogP contribution in [0.15, 0.2) is 36.4 Å². The van der Waals surface area contributed by atoms with E-state index in [1.807, 2.05) is 32.0 Å². The average Bonchev–Trinajstić information content (AvgIpc) is 2.93. The maximum Gasteiger partial charge on any atom is 0.292 e. The van der Waals surface area contributed by atoms with Gasteiger partial charge in [0.25, 0.3) is 11.6 Å². The summed E-state index contributed by atoms with van der Waals surface area (Å²) in [6.45, 7) is 4.51. The van der Waals surface area contributed by atoms with Gasteiger partial charge >= 0.3 is 0 Å². The van der Waals surface area contributed by atoms with Crippen molar-refractivity contribution in [3.05, 3.63) is 57.6 Å². The van der Waals surface area contributed by atoms with E-state index >= 15 is 0 Å². The van der Waals surface area contributed by atoms with Gasteiger partial charge in [0, 0.05) is 23.6 Å². The molecule has 3 N–H and O–H groups in total. The second kappa shape index (κ2) is 7.14. The number of hydrogen-bond donors (Lipinski definition) is 2. The van der Waals surface area contributed by atoms with Crippen molar-refractivity contribution in [2.45, 2.75) is 25.9 Å². The molecule has 0 aliphatic carbocycles. The number of rotatable bonds is 6. The van der Waals surface area contributed by atoms with Gasteiger partial charge in [-0.25, -0.2) is 0 Å². The predicted octanol–water partition coefficient (Wildman–Crippen LogP) is 2.70. The van der Waals surface area contributed by atoms with Crippen LogP contribution in [0.5, 0.6) is 11.5 Å². The molecule has 2 aromatic rings. The number of anilines is 1. The lowest BCUT2D eigenvalue weighted by Crippen LogP contribution is -2.28. The summed E-state index contributed by atoms with van der Waals surface area (Å²) in [6, 6.07) is 9.68. The molecule has 0 saturated carbocycles. The normalized spacial score (nSPS) is 14.1. The maximum absolute atomic E-state index is 12.2. The number of nitrogen functional groups attached to an aromatic ring is 1. The molecule has 8 heteroatoms. The number of fused-ring (bicyclic) bond motifs is 1. The van der Waals surface area contributed by atoms with Crippen LogP contribution in [-0.2, 0) is 6.42 Å². The molecule has 0 aromatic heterocycles. The second-order valence-corrected chi connectivity index (χ2v) is 6.92. The van der Waals surface area contributed by atoms with Crippen molar-refractivity contribution >= 4 is 17.3 Å². The van der Waals surface area contributed by atoms with Gasteiger partial charge in [-0.15, -0.1) is 0 Å². The minimum Gasteiger partial charge on any atom is -0.488 e. The quantitative estimate of drug-likeness (QED) is 0.349. The van der Waals surface area contributed by atoms with Crippen molar-refractivity contribution in [1.82, 2.24) is 5.32 Å². The van der Waals surface area contributed by atoms with Gasteiger partial charge in [-0.2, -0.15) is 0 Å². The molecule has 1 aliphatic rings. The Bertz CT molecular complexity index is 895. The van der Waals surface area contributed by atoms with Crippen molar-refractivity contribution in [1.29, 1.82) is 0 Å². The Kier molecular flexibility index (Phi) is 4.89. The molecule has 8 nitrogen and oxygen atoms in total. The summed E-state index contributed by atoms with van der Waals surface area (Å²) in [6.07, 6.45) is 0.812. The van der Waals surface area contributed by atoms with Gasteiger partial charge in [-0.3, -0.25) is 14.9 Å². The van der Waals surface area contributed by atoms with Gasteiger partial charge < -0.3 is 20.5 Å². The third kappa shape index (κ3) is 4.11. The summed E-state index contributed by atoms with van der Waals surface area (Å²) >= 11 is 0. The number of benzene rings is 2. The maximum atomic E-state index is 12.2. The lowest BCUT2D eigenvalue weighted by atomic mass is 10.0. The fraction of sp³-hybridized carbons (Fsp3) is 0.316. The van der Waals surface area contributed by atoms with Crippen molar-refractivity contribution in [2.24, 2.45) is 0 Å². The number of nitrogens with one attached hydrogen (secondary N) is 1. The first kappa shape index (κ1) is 18.5. The monoisotopic (exact) mass is 371 g/mol. The Morgan fingerprint density at radius 2 is 2.15 bits per heavy atom. The fourth-order valence-corrected chi connectivity index (χ4v) is 2.97. The van der Waals surface area contributed by atoms with E-state index < -0.39 is 10.8 Å². The second-order valence-electron chi connectivity index (χ2n) is 6.92. The minimum absolute atomic E-state index is 0.0146. The molecule has 0 fully saturated rings. The van der Waals surface area contributed by atoms with Crippen molar-refractivity contribution in [3.63, 3.8) is 0 Å². The smallest absolute Gasteiger partial charge is 0.292 e. The zero-order valence-electron chi connectivity index (χ0n) is 15.2. The van der Waals surface area contributed by atoms with Crippen LogP contribution in [0.4, 0.5) is 11.4 Å². The molecule has 0 spiro atoms. The van der Waals surface area contributed by atoms with Crippen LogP contribution in [0.25, 0.3) is 0 Å². The van der Waals surface area contributed by atoms with Crippen LogP contribution in [0.3, 0.4) is 0 Å². The number of hydrogen-bond acceptors (Lipinski definition) is 6. The lowest BCUT2D eigenvalue weighted by molar-refractivity contribution is -0.383. The fourth-order valence-electron chi connectivity index (χ4n) is 2.97. The number of carbonyl (C=O) groups is 1. The molecular formula is C19H21N3O5. The number of carbonyl (C=O) groups excluding carboxylic acids is 1. The van der Waals surface area contributed by atoms with E-state index in [4.69, 9.17) is 15.2 Å². The Labute approximate surface area is 156 Å². The zero-order valence-corrected chi connectivity index (χ0v) is 15.2. The highest BCUT2D eigenvalue weighted by Crippen LogP contribution is 2.41. The molecular weight excluding hydrogens is 350 g/mol. The van der Waals surface area contributed by atoms with E-state index in [2.05, 4.69) is 5.32 Å². The van der Waals surface area contributed by atoms with Crippen LogP contribution < -0.4 is 20.5 Å². The summed E-state index contributed by atoms with van der Waals surface area (Å²) in [5.41, 5.74) is 6.25. The molecule has 27 heavy (non-hydrogen) atoms. The van der Waals surface area contributed by atoms with E-state index in [0.717, 1.165) is 23.8 Å². The third-order valence-electron chi connectivity index (χ3n) is 4.19. The van der Waals surface area contributed by atoms with E-state index in [9.17, 15) is 14.9 Å². The molecule has 3 rings (SSSR count). The standard InChI is InChI=1S/C19H21N3O5/c1-19(2)11-13-4-3-5-16(17(13)27-19)26-9-8-21-18(23)12-6-7-14(20)15(10-12)22(24)25/h3-7,10H,8-9,11,20H2,1-2H3,(H,21,23). The van der Waals surface area contributed by atoms with Gasteiger partial charge in [0.15, 0.2) is 11.5 Å². The number of nitrogens with zero attached hydrogens (tertiary/aromatic N) is 1. The third-order valence-corrected chi connectivity index (χ3v) is 4.19. The average molecular weight is 371 g/mol. The van der Waals surface area contributed by atoms with Crippen molar-refractivity contribution in [3.8, 4) is 11.5 Å². The van der Waals surface area contributed by atoms with Gasteiger partial charge in [0.1, 0.15) is 17.9 Å². The molecule has 0 bridgehead atoms. The van der Waals surface area contributed by atoms with Gasteiger partial charge in [-0.1, -0.05) is 12.1 Å². The molecule has 0 radical (unpaired) electrons. The molecule has 0 saturated heterocycles. The number of amides is 1. The summed E-state index contributed by atoms with van der Waals surface area (Å²) in [7, 11) is 0. The van der Waals surface area contributed by atoms with Crippen LogP contribution in [-0.4, -0.2) is 29.6 Å². The predicted molar refractivity (Wildman–Crippen MR) is 100 cm³/mol. The Morgan fingerprint density at radius 3 is 2.89 bits per heavy atom. The molecule has 1 heterocycles. The molecule has 2 aromatic carbocycles. The van der Waals surface area contributed by atoms with E-state index in [-0.39, 0.29) is 35.7 Å². The number of para-hydroxylation sites is 1. The summed E-state index contributed by atoms with van der Waals surface area (Å²) in [5, 5.41) is 13.6. The molecule has 1 aliphatic heterocycles. The van der Waals surface area contributed by atoms with E-state index in [1.54, 1.807) is 0 Å². The number of nitro groups is 1. The lowest BCUT2D eigenvalue weighted by Gasteiger charge is -2.18. The van der Waals surface area contributed by atoms with Crippen LogP contribution >= 0.6 is 0 Å². The molecule has 0 unspecified atom stereocenters.